The standard InChI is InChI=1S/C16H18N2O4/c1-18-10-15(9-17-18)22-16(19)12-4-6-13(7-5-12)21-11-14-3-2-8-20-14/h4-7,9-10,14H,2-3,8,11H2,1H3/t14-/m1/s1. The molecule has 6 heteroatoms. The molecule has 6 nitrogen and oxygen atoms in total. The van der Waals surface area contributed by atoms with Gasteiger partial charge < -0.3 is 14.2 Å². The van der Waals surface area contributed by atoms with Crippen LogP contribution in [0.25, 0.3) is 0 Å². The molecule has 1 fully saturated rings. The number of aryl methyl sites for hydroxylation is 1. The highest BCUT2D eigenvalue weighted by atomic mass is 16.5. The molecule has 3 rings (SSSR count). The zero-order valence-electron chi connectivity index (χ0n) is 12.4. The van der Waals surface area contributed by atoms with Crippen LogP contribution in [-0.2, 0) is 11.8 Å². The second-order valence-electron chi connectivity index (χ2n) is 5.21. The van der Waals surface area contributed by atoms with Gasteiger partial charge >= 0.3 is 5.97 Å². The Bertz CT molecular complexity index is 630. The molecule has 2 heterocycles. The first kappa shape index (κ1) is 14.6. The molecule has 1 saturated heterocycles. The van der Waals surface area contributed by atoms with Gasteiger partial charge in [0.05, 0.1) is 24.1 Å². The first-order valence-electron chi connectivity index (χ1n) is 7.26. The number of esters is 1. The van der Waals surface area contributed by atoms with Crippen LogP contribution in [0.2, 0.25) is 0 Å². The quantitative estimate of drug-likeness (QED) is 0.792. The minimum Gasteiger partial charge on any atom is -0.491 e. The molecule has 0 bridgehead atoms. The van der Waals surface area contributed by atoms with Crippen molar-refractivity contribution in [3.8, 4) is 11.5 Å². The largest absolute Gasteiger partial charge is 0.491 e. The van der Waals surface area contributed by atoms with Crippen molar-refractivity contribution in [3.63, 3.8) is 0 Å². The van der Waals surface area contributed by atoms with E-state index in [0.717, 1.165) is 19.4 Å². The van der Waals surface area contributed by atoms with Crippen LogP contribution in [0, 0.1) is 0 Å². The number of carbonyl (C=O) groups excluding carboxylic acids is 1. The Hall–Kier alpha value is -2.34. The zero-order chi connectivity index (χ0) is 15.4. The van der Waals surface area contributed by atoms with E-state index < -0.39 is 5.97 Å². The van der Waals surface area contributed by atoms with Crippen molar-refractivity contribution in [2.45, 2.75) is 18.9 Å². The lowest BCUT2D eigenvalue weighted by molar-refractivity contribution is 0.0678. The van der Waals surface area contributed by atoms with Crippen LogP contribution in [0.15, 0.2) is 36.7 Å². The summed E-state index contributed by atoms with van der Waals surface area (Å²) in [5.74, 6) is 0.721. The van der Waals surface area contributed by atoms with Crippen molar-refractivity contribution in [1.82, 2.24) is 9.78 Å². The topological polar surface area (TPSA) is 62.6 Å². The summed E-state index contributed by atoms with van der Waals surface area (Å²) in [6, 6.07) is 6.89. The van der Waals surface area contributed by atoms with E-state index in [1.54, 1.807) is 42.2 Å². The number of carbonyl (C=O) groups is 1. The normalized spacial score (nSPS) is 17.4. The second-order valence-corrected chi connectivity index (χ2v) is 5.21. The van der Waals surface area contributed by atoms with Crippen molar-refractivity contribution in [3.05, 3.63) is 42.2 Å². The third kappa shape index (κ3) is 3.65. The van der Waals surface area contributed by atoms with Crippen LogP contribution in [0.5, 0.6) is 11.5 Å². The summed E-state index contributed by atoms with van der Waals surface area (Å²) in [5.41, 5.74) is 0.466. The molecule has 0 radical (unpaired) electrons. The Kier molecular flexibility index (Phi) is 4.39. The lowest BCUT2D eigenvalue weighted by Crippen LogP contribution is -2.16. The molecule has 0 spiro atoms. The molecule has 1 aliphatic heterocycles. The number of aromatic nitrogens is 2. The van der Waals surface area contributed by atoms with E-state index in [1.165, 1.54) is 6.20 Å². The average molecular weight is 302 g/mol. The number of hydrogen-bond donors (Lipinski definition) is 0. The van der Waals surface area contributed by atoms with Gasteiger partial charge in [0.2, 0.25) is 0 Å². The van der Waals surface area contributed by atoms with Crippen molar-refractivity contribution in [2.75, 3.05) is 13.2 Å². The molecule has 2 aromatic rings. The summed E-state index contributed by atoms with van der Waals surface area (Å²) in [6.07, 6.45) is 5.44. The molecule has 0 saturated carbocycles. The highest BCUT2D eigenvalue weighted by Gasteiger charge is 2.16. The van der Waals surface area contributed by atoms with Gasteiger partial charge in [-0.2, -0.15) is 5.10 Å². The Labute approximate surface area is 128 Å². The number of benzene rings is 1. The molecule has 0 unspecified atom stereocenters. The maximum Gasteiger partial charge on any atom is 0.343 e. The molecule has 116 valence electrons. The fourth-order valence-corrected chi connectivity index (χ4v) is 2.27. The van der Waals surface area contributed by atoms with Crippen LogP contribution < -0.4 is 9.47 Å². The Balaban J connectivity index is 1.54. The lowest BCUT2D eigenvalue weighted by Gasteiger charge is -2.11. The van der Waals surface area contributed by atoms with Gasteiger partial charge in [-0.15, -0.1) is 0 Å². The number of hydrogen-bond acceptors (Lipinski definition) is 5. The van der Waals surface area contributed by atoms with Crippen molar-refractivity contribution < 1.29 is 19.0 Å². The van der Waals surface area contributed by atoms with Crippen LogP contribution >= 0.6 is 0 Å². The summed E-state index contributed by atoms with van der Waals surface area (Å²) >= 11 is 0. The van der Waals surface area contributed by atoms with Gasteiger partial charge in [-0.1, -0.05) is 0 Å². The van der Waals surface area contributed by atoms with Crippen molar-refractivity contribution in [2.24, 2.45) is 7.05 Å². The first-order valence-corrected chi connectivity index (χ1v) is 7.26. The third-order valence-corrected chi connectivity index (χ3v) is 3.44. The maximum absolute atomic E-state index is 12.0. The molecule has 1 aromatic carbocycles. The van der Waals surface area contributed by atoms with Gasteiger partial charge in [-0.05, 0) is 37.1 Å². The molecule has 22 heavy (non-hydrogen) atoms. The van der Waals surface area contributed by atoms with Crippen LogP contribution in [-0.4, -0.2) is 35.1 Å². The Morgan fingerprint density at radius 2 is 2.18 bits per heavy atom. The Morgan fingerprint density at radius 3 is 2.82 bits per heavy atom. The molecule has 1 aromatic heterocycles. The van der Waals surface area contributed by atoms with Crippen LogP contribution in [0.1, 0.15) is 23.2 Å². The monoisotopic (exact) mass is 302 g/mol. The van der Waals surface area contributed by atoms with E-state index in [9.17, 15) is 4.79 Å². The van der Waals surface area contributed by atoms with Gasteiger partial charge in [0.15, 0.2) is 5.75 Å². The van der Waals surface area contributed by atoms with Crippen LogP contribution in [0.4, 0.5) is 0 Å². The molecular weight excluding hydrogens is 284 g/mol. The van der Waals surface area contributed by atoms with E-state index in [4.69, 9.17) is 14.2 Å². The number of ether oxygens (including phenoxy) is 3. The molecule has 1 atom stereocenters. The van der Waals surface area contributed by atoms with E-state index >= 15 is 0 Å². The summed E-state index contributed by atoms with van der Waals surface area (Å²) in [4.78, 5) is 12.0. The summed E-state index contributed by atoms with van der Waals surface area (Å²) in [7, 11) is 1.76. The van der Waals surface area contributed by atoms with E-state index in [-0.39, 0.29) is 6.10 Å². The van der Waals surface area contributed by atoms with Gasteiger partial charge in [-0.25, -0.2) is 4.79 Å². The smallest absolute Gasteiger partial charge is 0.343 e. The number of rotatable bonds is 5. The highest BCUT2D eigenvalue weighted by molar-refractivity contribution is 5.91. The minimum absolute atomic E-state index is 0.176. The van der Waals surface area contributed by atoms with Gasteiger partial charge in [-0.3, -0.25) is 4.68 Å². The van der Waals surface area contributed by atoms with Gasteiger partial charge in [0.25, 0.3) is 0 Å². The van der Waals surface area contributed by atoms with E-state index in [0.29, 0.717) is 23.7 Å². The average Bonchev–Trinajstić information content (AvgIpc) is 3.17. The summed E-state index contributed by atoms with van der Waals surface area (Å²) in [5, 5.41) is 3.95. The van der Waals surface area contributed by atoms with Gasteiger partial charge in [0.1, 0.15) is 12.4 Å². The highest BCUT2D eigenvalue weighted by Crippen LogP contribution is 2.17. The predicted molar refractivity (Wildman–Crippen MR) is 79.1 cm³/mol. The summed E-state index contributed by atoms with van der Waals surface area (Å²) in [6.45, 7) is 1.35. The minimum atomic E-state index is -0.418. The van der Waals surface area contributed by atoms with Crippen LogP contribution in [0.3, 0.4) is 0 Å². The molecular formula is C16H18N2O4. The number of nitrogens with zero attached hydrogens (tertiary/aromatic N) is 2. The zero-order valence-corrected chi connectivity index (χ0v) is 12.4. The molecule has 0 amide bonds. The van der Waals surface area contributed by atoms with E-state index in [2.05, 4.69) is 5.10 Å². The molecule has 0 N–H and O–H groups in total. The van der Waals surface area contributed by atoms with E-state index in [1.807, 2.05) is 0 Å². The SMILES string of the molecule is Cn1cc(OC(=O)c2ccc(OC[C@H]3CCCO3)cc2)cn1. The molecule has 1 aliphatic rings. The van der Waals surface area contributed by atoms with Crippen molar-refractivity contribution in [1.29, 1.82) is 0 Å². The van der Waals surface area contributed by atoms with Gasteiger partial charge in [0, 0.05) is 13.7 Å². The first-order chi connectivity index (χ1) is 10.7. The van der Waals surface area contributed by atoms with Crippen molar-refractivity contribution >= 4 is 5.97 Å². The third-order valence-electron chi connectivity index (χ3n) is 3.44. The predicted octanol–water partition coefficient (Wildman–Crippen LogP) is 2.20. The maximum atomic E-state index is 12.0. The summed E-state index contributed by atoms with van der Waals surface area (Å²) < 4.78 is 17.9. The fourth-order valence-electron chi connectivity index (χ4n) is 2.27. The fraction of sp³-hybridized carbons (Fsp3) is 0.375. The Morgan fingerprint density at radius 1 is 1.36 bits per heavy atom. The lowest BCUT2D eigenvalue weighted by atomic mass is 10.2. The molecule has 0 aliphatic carbocycles. The second kappa shape index (κ2) is 6.62.